The number of allylic oxidation sites excluding steroid dienone is 1. The number of rotatable bonds is 3. The Labute approximate surface area is 88.6 Å². The summed E-state index contributed by atoms with van der Waals surface area (Å²) in [4.78, 5) is 0. The zero-order valence-corrected chi connectivity index (χ0v) is 8.71. The first-order valence-electron chi connectivity index (χ1n) is 5.09. The highest BCUT2D eigenvalue weighted by Crippen LogP contribution is 2.58. The van der Waals surface area contributed by atoms with E-state index in [4.69, 9.17) is 0 Å². The first-order valence-corrected chi connectivity index (χ1v) is 5.09. The smallest absolute Gasteiger partial charge is 0.209 e. The predicted octanol–water partition coefficient (Wildman–Crippen LogP) is 3.70. The summed E-state index contributed by atoms with van der Waals surface area (Å²) in [6.07, 6.45) is -0.133. The minimum absolute atomic E-state index is 0.0693. The van der Waals surface area contributed by atoms with Crippen molar-refractivity contribution in [3.8, 4) is 0 Å². The molecule has 0 amide bonds. The van der Waals surface area contributed by atoms with Gasteiger partial charge in [0.25, 0.3) is 0 Å². The molecule has 1 unspecified atom stereocenters. The van der Waals surface area contributed by atoms with Crippen LogP contribution < -0.4 is 0 Å². The van der Waals surface area contributed by atoms with Crippen molar-refractivity contribution in [2.75, 3.05) is 0 Å². The fourth-order valence-corrected chi connectivity index (χ4v) is 2.17. The van der Waals surface area contributed by atoms with E-state index in [9.17, 15) is 8.78 Å². The van der Waals surface area contributed by atoms with Crippen LogP contribution in [0.2, 0.25) is 0 Å². The van der Waals surface area contributed by atoms with Gasteiger partial charge in [0.05, 0.1) is 5.41 Å². The number of aryl methyl sites for hydroxylation is 1. The first kappa shape index (κ1) is 10.3. The van der Waals surface area contributed by atoms with Crippen molar-refractivity contribution in [2.45, 2.75) is 25.2 Å². The van der Waals surface area contributed by atoms with Crippen LogP contribution in [-0.4, -0.2) is 6.43 Å². The lowest BCUT2D eigenvalue weighted by molar-refractivity contribution is 0.0969. The van der Waals surface area contributed by atoms with Crippen LogP contribution in [0.3, 0.4) is 0 Å². The number of hydrogen-bond acceptors (Lipinski definition) is 0. The van der Waals surface area contributed by atoms with Gasteiger partial charge in [0.1, 0.15) is 0 Å². The molecule has 1 aromatic carbocycles. The van der Waals surface area contributed by atoms with E-state index >= 15 is 0 Å². The van der Waals surface area contributed by atoms with Crippen molar-refractivity contribution >= 4 is 0 Å². The van der Waals surface area contributed by atoms with Crippen LogP contribution in [0.4, 0.5) is 8.78 Å². The Balaban J connectivity index is 2.36. The second-order valence-electron chi connectivity index (χ2n) is 4.25. The normalized spacial score (nSPS) is 29.2. The Hall–Kier alpha value is -1.18. The van der Waals surface area contributed by atoms with E-state index in [0.29, 0.717) is 6.42 Å². The average molecular weight is 208 g/mol. The van der Waals surface area contributed by atoms with Crippen molar-refractivity contribution in [1.29, 1.82) is 0 Å². The lowest BCUT2D eigenvalue weighted by Crippen LogP contribution is -2.20. The van der Waals surface area contributed by atoms with Crippen LogP contribution in [0, 0.1) is 12.8 Å². The van der Waals surface area contributed by atoms with Gasteiger partial charge in [-0.3, -0.25) is 0 Å². The molecule has 80 valence electrons. The van der Waals surface area contributed by atoms with Crippen LogP contribution in [0.25, 0.3) is 0 Å². The summed E-state index contributed by atoms with van der Waals surface area (Å²) in [5, 5.41) is 0. The van der Waals surface area contributed by atoms with Crippen LogP contribution in [-0.2, 0) is 5.41 Å². The summed E-state index contributed by atoms with van der Waals surface area (Å²) < 4.78 is 26.1. The summed E-state index contributed by atoms with van der Waals surface area (Å²) in [7, 11) is 0. The zero-order valence-electron chi connectivity index (χ0n) is 8.71. The molecule has 2 rings (SSSR count). The average Bonchev–Trinajstić information content (AvgIpc) is 2.94. The molecule has 0 saturated heterocycles. The standard InChI is InChI=1S/C13H14F2/c1-3-10-8-13(10,12(14)15)11-6-4-9(2)5-7-11/h3-7,10,12H,1,8H2,2H3/t10?,13-/m0/s1. The molecule has 1 aromatic rings. The summed E-state index contributed by atoms with van der Waals surface area (Å²) in [5.41, 5.74) is 0.891. The lowest BCUT2D eigenvalue weighted by atomic mass is 9.93. The molecule has 0 radical (unpaired) electrons. The Morgan fingerprint density at radius 1 is 1.40 bits per heavy atom. The SMILES string of the molecule is C=CC1C[C@]1(c1ccc(C)cc1)C(F)F. The predicted molar refractivity (Wildman–Crippen MR) is 57.2 cm³/mol. The number of alkyl halides is 2. The number of halogens is 2. The molecule has 0 aliphatic heterocycles. The van der Waals surface area contributed by atoms with E-state index in [1.54, 1.807) is 6.08 Å². The molecule has 2 atom stereocenters. The monoisotopic (exact) mass is 208 g/mol. The van der Waals surface area contributed by atoms with Gasteiger partial charge in [0.2, 0.25) is 6.43 Å². The van der Waals surface area contributed by atoms with Gasteiger partial charge in [-0.15, -0.1) is 6.58 Å². The number of hydrogen-bond donors (Lipinski definition) is 0. The van der Waals surface area contributed by atoms with Crippen molar-refractivity contribution in [2.24, 2.45) is 5.92 Å². The van der Waals surface area contributed by atoms with E-state index in [0.717, 1.165) is 11.1 Å². The summed E-state index contributed by atoms with van der Waals surface area (Å²) in [6, 6.07) is 7.39. The molecule has 1 aliphatic carbocycles. The van der Waals surface area contributed by atoms with Crippen LogP contribution in [0.5, 0.6) is 0 Å². The Morgan fingerprint density at radius 2 is 2.00 bits per heavy atom. The maximum atomic E-state index is 13.1. The molecule has 0 aromatic heterocycles. The fourth-order valence-electron chi connectivity index (χ4n) is 2.17. The Bertz CT molecular complexity index is 367. The second-order valence-corrected chi connectivity index (χ2v) is 4.25. The van der Waals surface area contributed by atoms with Gasteiger partial charge in [-0.25, -0.2) is 8.78 Å². The third kappa shape index (κ3) is 1.48. The van der Waals surface area contributed by atoms with E-state index in [-0.39, 0.29) is 5.92 Å². The van der Waals surface area contributed by atoms with E-state index in [1.165, 1.54) is 0 Å². The fraction of sp³-hybridized carbons (Fsp3) is 0.385. The van der Waals surface area contributed by atoms with Gasteiger partial charge in [-0.2, -0.15) is 0 Å². The summed E-state index contributed by atoms with van der Waals surface area (Å²) in [5.74, 6) is -0.0693. The van der Waals surface area contributed by atoms with Gasteiger partial charge in [-0.05, 0) is 24.8 Å². The molecule has 0 bridgehead atoms. The zero-order chi connectivity index (χ0) is 11.1. The maximum Gasteiger partial charge on any atom is 0.248 e. The molecule has 2 heteroatoms. The van der Waals surface area contributed by atoms with Gasteiger partial charge in [-0.1, -0.05) is 35.9 Å². The van der Waals surface area contributed by atoms with Gasteiger partial charge >= 0.3 is 0 Å². The van der Waals surface area contributed by atoms with Crippen molar-refractivity contribution in [3.63, 3.8) is 0 Å². The highest BCUT2D eigenvalue weighted by Gasteiger charge is 2.60. The van der Waals surface area contributed by atoms with Gasteiger partial charge in [0, 0.05) is 0 Å². The van der Waals surface area contributed by atoms with E-state index < -0.39 is 11.8 Å². The number of benzene rings is 1. The topological polar surface area (TPSA) is 0 Å². The summed E-state index contributed by atoms with van der Waals surface area (Å²) in [6.45, 7) is 5.57. The molecule has 1 saturated carbocycles. The van der Waals surface area contributed by atoms with Gasteiger partial charge in [0.15, 0.2) is 0 Å². The highest BCUT2D eigenvalue weighted by molar-refractivity contribution is 5.38. The quantitative estimate of drug-likeness (QED) is 0.664. The lowest BCUT2D eigenvalue weighted by Gasteiger charge is -2.16. The van der Waals surface area contributed by atoms with Crippen LogP contribution >= 0.6 is 0 Å². The molecule has 0 nitrogen and oxygen atoms in total. The highest BCUT2D eigenvalue weighted by atomic mass is 19.3. The molecule has 1 fully saturated rings. The maximum absolute atomic E-state index is 13.1. The van der Waals surface area contributed by atoms with Crippen molar-refractivity contribution in [3.05, 3.63) is 48.0 Å². The molecular weight excluding hydrogens is 194 g/mol. The second kappa shape index (κ2) is 3.44. The molecule has 15 heavy (non-hydrogen) atoms. The molecule has 0 spiro atoms. The Kier molecular flexibility index (Phi) is 2.37. The Morgan fingerprint density at radius 3 is 2.40 bits per heavy atom. The first-order chi connectivity index (χ1) is 7.11. The van der Waals surface area contributed by atoms with Gasteiger partial charge < -0.3 is 0 Å². The van der Waals surface area contributed by atoms with Crippen molar-refractivity contribution in [1.82, 2.24) is 0 Å². The summed E-state index contributed by atoms with van der Waals surface area (Å²) >= 11 is 0. The molecule has 0 heterocycles. The largest absolute Gasteiger partial charge is 0.248 e. The third-order valence-corrected chi connectivity index (χ3v) is 3.32. The van der Waals surface area contributed by atoms with Crippen molar-refractivity contribution < 1.29 is 8.78 Å². The molecular formula is C13H14F2. The van der Waals surface area contributed by atoms with Crippen LogP contribution in [0.1, 0.15) is 17.5 Å². The third-order valence-electron chi connectivity index (χ3n) is 3.32. The van der Waals surface area contributed by atoms with Crippen LogP contribution in [0.15, 0.2) is 36.9 Å². The minimum Gasteiger partial charge on any atom is -0.209 e. The van der Waals surface area contributed by atoms with E-state index in [2.05, 4.69) is 6.58 Å². The molecule has 1 aliphatic rings. The van der Waals surface area contributed by atoms with E-state index in [1.807, 2.05) is 31.2 Å². The minimum atomic E-state index is -2.30. The molecule has 0 N–H and O–H groups in total.